The van der Waals surface area contributed by atoms with E-state index < -0.39 is 5.69 Å². The number of rotatable bonds is 4. The Labute approximate surface area is 165 Å². The van der Waals surface area contributed by atoms with E-state index >= 15 is 0 Å². The minimum absolute atomic E-state index is 0.0572. The number of aromatic nitrogens is 4. The predicted molar refractivity (Wildman–Crippen MR) is 108 cm³/mol. The highest BCUT2D eigenvalue weighted by Gasteiger charge is 2.30. The molecule has 4 aromatic rings. The molecule has 5 rings (SSSR count). The van der Waals surface area contributed by atoms with E-state index in [1.54, 1.807) is 29.1 Å². The third-order valence-corrected chi connectivity index (χ3v) is 5.37. The van der Waals surface area contributed by atoms with Crippen LogP contribution < -0.4 is 11.2 Å². The van der Waals surface area contributed by atoms with Crippen LogP contribution in [0.1, 0.15) is 24.4 Å². The number of benzene rings is 2. The van der Waals surface area contributed by atoms with E-state index in [0.29, 0.717) is 28.4 Å². The molecule has 2 aromatic carbocycles. The van der Waals surface area contributed by atoms with Crippen molar-refractivity contribution < 1.29 is 0 Å². The fourth-order valence-electron chi connectivity index (χ4n) is 3.56. The van der Waals surface area contributed by atoms with E-state index in [1.807, 2.05) is 36.4 Å². The van der Waals surface area contributed by atoms with Gasteiger partial charge in [0.2, 0.25) is 0 Å². The molecular formula is C21H17ClN4O2. The summed E-state index contributed by atoms with van der Waals surface area (Å²) in [5.41, 5.74) is 1.64. The summed E-state index contributed by atoms with van der Waals surface area (Å²) in [5.74, 6) is 0. The summed E-state index contributed by atoms with van der Waals surface area (Å²) in [6.07, 6.45) is 3.27. The molecule has 0 bridgehead atoms. The summed E-state index contributed by atoms with van der Waals surface area (Å²) in [5, 5.41) is 0.435. The molecule has 1 aliphatic carbocycles. The monoisotopic (exact) mass is 392 g/mol. The van der Waals surface area contributed by atoms with Gasteiger partial charge in [0, 0.05) is 12.6 Å². The van der Waals surface area contributed by atoms with E-state index in [-0.39, 0.29) is 11.6 Å². The molecule has 140 valence electrons. The number of hydrogen-bond acceptors (Lipinski definition) is 3. The number of halogens is 1. The number of nitrogens with zero attached hydrogens (tertiary/aromatic N) is 4. The Morgan fingerprint density at radius 1 is 1.00 bits per heavy atom. The molecule has 1 saturated carbocycles. The van der Waals surface area contributed by atoms with Gasteiger partial charge in [-0.25, -0.2) is 14.3 Å². The highest BCUT2D eigenvalue weighted by molar-refractivity contribution is 6.32. The Morgan fingerprint density at radius 2 is 1.71 bits per heavy atom. The Kier molecular flexibility index (Phi) is 3.94. The molecule has 6 nitrogen and oxygen atoms in total. The lowest BCUT2D eigenvalue weighted by Gasteiger charge is -2.13. The van der Waals surface area contributed by atoms with Crippen LogP contribution in [0.5, 0.6) is 0 Å². The average Bonchev–Trinajstić information content (AvgIpc) is 3.44. The van der Waals surface area contributed by atoms with Gasteiger partial charge in [-0.3, -0.25) is 9.36 Å². The first kappa shape index (κ1) is 17.0. The van der Waals surface area contributed by atoms with Gasteiger partial charge < -0.3 is 4.57 Å². The molecule has 0 atom stereocenters. The quantitative estimate of drug-likeness (QED) is 0.535. The second kappa shape index (κ2) is 6.49. The maximum atomic E-state index is 13.2. The van der Waals surface area contributed by atoms with E-state index in [0.717, 1.165) is 18.4 Å². The first-order valence-corrected chi connectivity index (χ1v) is 9.54. The Balaban J connectivity index is 1.82. The van der Waals surface area contributed by atoms with Crippen LogP contribution >= 0.6 is 11.6 Å². The molecule has 0 amide bonds. The molecule has 0 unspecified atom stereocenters. The molecular weight excluding hydrogens is 376 g/mol. The van der Waals surface area contributed by atoms with Gasteiger partial charge in [-0.05, 0) is 30.5 Å². The van der Waals surface area contributed by atoms with Crippen molar-refractivity contribution >= 4 is 22.8 Å². The maximum Gasteiger partial charge on any atom is 0.337 e. The molecule has 0 N–H and O–H groups in total. The van der Waals surface area contributed by atoms with Crippen LogP contribution in [0.4, 0.5) is 0 Å². The average molecular weight is 393 g/mol. The van der Waals surface area contributed by atoms with Gasteiger partial charge >= 0.3 is 5.69 Å². The zero-order chi connectivity index (χ0) is 19.3. The lowest BCUT2D eigenvalue weighted by Crippen LogP contribution is -2.39. The lowest BCUT2D eigenvalue weighted by molar-refractivity contribution is 0.639. The molecule has 0 saturated heterocycles. The molecule has 28 heavy (non-hydrogen) atoms. The Morgan fingerprint density at radius 3 is 2.43 bits per heavy atom. The van der Waals surface area contributed by atoms with E-state index in [2.05, 4.69) is 4.98 Å². The fourth-order valence-corrected chi connectivity index (χ4v) is 3.78. The number of fused-ring (bicyclic) bond motifs is 1. The first-order chi connectivity index (χ1) is 13.6. The highest BCUT2D eigenvalue weighted by Crippen LogP contribution is 2.33. The second-order valence-electron chi connectivity index (χ2n) is 7.01. The van der Waals surface area contributed by atoms with Crippen molar-refractivity contribution in [2.75, 3.05) is 0 Å². The van der Waals surface area contributed by atoms with Crippen LogP contribution in [0.3, 0.4) is 0 Å². The van der Waals surface area contributed by atoms with Crippen LogP contribution in [-0.4, -0.2) is 18.7 Å². The van der Waals surface area contributed by atoms with Crippen molar-refractivity contribution in [2.45, 2.75) is 25.4 Å². The van der Waals surface area contributed by atoms with Gasteiger partial charge in [0.15, 0.2) is 11.2 Å². The Bertz CT molecular complexity index is 1300. The molecule has 2 heterocycles. The predicted octanol–water partition coefficient (Wildman–Crippen LogP) is 3.39. The van der Waals surface area contributed by atoms with Crippen LogP contribution in [0.25, 0.3) is 16.9 Å². The third-order valence-electron chi connectivity index (χ3n) is 5.05. The van der Waals surface area contributed by atoms with Gasteiger partial charge in [0.05, 0.1) is 17.0 Å². The van der Waals surface area contributed by atoms with E-state index in [1.165, 1.54) is 9.13 Å². The summed E-state index contributed by atoms with van der Waals surface area (Å²) in [6.45, 7) is 0.498. The van der Waals surface area contributed by atoms with Crippen LogP contribution in [0, 0.1) is 0 Å². The van der Waals surface area contributed by atoms with Crippen molar-refractivity contribution in [1.29, 1.82) is 0 Å². The standard InChI is InChI=1S/C21H17ClN4O2/c22-16-8-4-5-9-17(16)26-19-18(20(27)25(21(26)28)15-10-11-15)24(13-23-19)12-14-6-2-1-3-7-14/h1-9,13,15H,10-12H2. The van der Waals surface area contributed by atoms with E-state index in [9.17, 15) is 9.59 Å². The Hall–Kier alpha value is -3.12. The maximum absolute atomic E-state index is 13.2. The van der Waals surface area contributed by atoms with E-state index in [4.69, 9.17) is 11.6 Å². The summed E-state index contributed by atoms with van der Waals surface area (Å²) in [4.78, 5) is 30.9. The normalized spacial score (nSPS) is 13.9. The molecule has 0 spiro atoms. The van der Waals surface area contributed by atoms with Crippen molar-refractivity contribution in [3.8, 4) is 5.69 Å². The fraction of sp³-hybridized carbons (Fsp3) is 0.190. The van der Waals surface area contributed by atoms with Crippen LogP contribution in [0.15, 0.2) is 70.5 Å². The zero-order valence-electron chi connectivity index (χ0n) is 15.0. The zero-order valence-corrected chi connectivity index (χ0v) is 15.7. The minimum atomic E-state index is -0.391. The van der Waals surface area contributed by atoms with Gasteiger partial charge in [0.25, 0.3) is 5.56 Å². The second-order valence-corrected chi connectivity index (χ2v) is 7.41. The lowest BCUT2D eigenvalue weighted by atomic mass is 10.2. The molecule has 1 aliphatic rings. The SMILES string of the molecule is O=c1c2c(ncn2Cc2ccccc2)n(-c2ccccc2Cl)c(=O)n1C1CC1. The van der Waals surface area contributed by atoms with Gasteiger partial charge in [-0.2, -0.15) is 0 Å². The van der Waals surface area contributed by atoms with Crippen molar-refractivity contribution in [3.05, 3.63) is 92.3 Å². The van der Waals surface area contributed by atoms with Gasteiger partial charge in [-0.1, -0.05) is 54.1 Å². The summed E-state index contributed by atoms with van der Waals surface area (Å²) in [6, 6.07) is 16.9. The van der Waals surface area contributed by atoms with Gasteiger partial charge in [-0.15, -0.1) is 0 Å². The van der Waals surface area contributed by atoms with Crippen LogP contribution in [0.2, 0.25) is 5.02 Å². The molecule has 0 radical (unpaired) electrons. The number of imidazole rings is 1. The molecule has 1 fully saturated rings. The largest absolute Gasteiger partial charge is 0.337 e. The first-order valence-electron chi connectivity index (χ1n) is 9.16. The summed E-state index contributed by atoms with van der Waals surface area (Å²) in [7, 11) is 0. The molecule has 7 heteroatoms. The third kappa shape index (κ3) is 2.68. The minimum Gasteiger partial charge on any atom is -0.320 e. The van der Waals surface area contributed by atoms with Gasteiger partial charge in [0.1, 0.15) is 0 Å². The number of para-hydroxylation sites is 1. The summed E-state index contributed by atoms with van der Waals surface area (Å²) < 4.78 is 4.62. The van der Waals surface area contributed by atoms with Crippen LogP contribution in [-0.2, 0) is 6.54 Å². The number of hydrogen-bond donors (Lipinski definition) is 0. The highest BCUT2D eigenvalue weighted by atomic mass is 35.5. The van der Waals surface area contributed by atoms with Crippen molar-refractivity contribution in [1.82, 2.24) is 18.7 Å². The topological polar surface area (TPSA) is 61.8 Å². The molecule has 2 aromatic heterocycles. The molecule has 0 aliphatic heterocycles. The summed E-state index contributed by atoms with van der Waals surface area (Å²) >= 11 is 6.37. The smallest absolute Gasteiger partial charge is 0.320 e. The van der Waals surface area contributed by atoms with Crippen molar-refractivity contribution in [3.63, 3.8) is 0 Å². The van der Waals surface area contributed by atoms with Crippen molar-refractivity contribution in [2.24, 2.45) is 0 Å².